The Labute approximate surface area is 209 Å². The standard InChI is InChI=1S/C27H18ClN5OS/c1-17-7-5-6-10-22(17)25-29-27-33(31-25)26(34)23(35-27)15-19-16-32(21-8-3-2-4-9-21)30-24(19)18-11-13-20(28)14-12-18/h2-16H,1H3. The molecule has 0 saturated carbocycles. The van der Waals surface area contributed by atoms with Gasteiger partial charge in [-0.05, 0) is 42.8 Å². The molecule has 0 aliphatic heterocycles. The van der Waals surface area contributed by atoms with Gasteiger partial charge in [0.05, 0.1) is 10.2 Å². The van der Waals surface area contributed by atoms with E-state index < -0.39 is 0 Å². The van der Waals surface area contributed by atoms with E-state index in [1.165, 1.54) is 15.9 Å². The van der Waals surface area contributed by atoms with Crippen molar-refractivity contribution in [2.24, 2.45) is 0 Å². The molecule has 3 aromatic heterocycles. The number of halogens is 1. The van der Waals surface area contributed by atoms with Gasteiger partial charge in [0.2, 0.25) is 4.96 Å². The van der Waals surface area contributed by atoms with Crippen LogP contribution in [0.1, 0.15) is 11.1 Å². The molecule has 0 aliphatic carbocycles. The predicted molar refractivity (Wildman–Crippen MR) is 140 cm³/mol. The van der Waals surface area contributed by atoms with E-state index in [1.807, 2.05) is 103 Å². The number of benzene rings is 3. The summed E-state index contributed by atoms with van der Waals surface area (Å²) in [7, 11) is 0. The molecule has 0 aliphatic rings. The van der Waals surface area contributed by atoms with Gasteiger partial charge in [0.15, 0.2) is 5.82 Å². The smallest absolute Gasteiger partial charge is 0.266 e. The molecule has 3 aromatic carbocycles. The number of rotatable bonds is 4. The Morgan fingerprint density at radius 3 is 2.40 bits per heavy atom. The van der Waals surface area contributed by atoms with Crippen LogP contribution in [0.3, 0.4) is 0 Å². The first-order chi connectivity index (χ1) is 17.1. The SMILES string of the molecule is Cc1ccccc1-c1nc2sc(=Cc3cn(-c4ccccc4)nc3-c3ccc(Cl)cc3)c(=O)n2n1. The minimum atomic E-state index is -0.202. The number of hydrogen-bond acceptors (Lipinski definition) is 5. The number of fused-ring (bicyclic) bond motifs is 1. The maximum absolute atomic E-state index is 13.2. The monoisotopic (exact) mass is 495 g/mol. The van der Waals surface area contributed by atoms with Crippen molar-refractivity contribution in [1.29, 1.82) is 0 Å². The third kappa shape index (κ3) is 3.95. The second-order valence-electron chi connectivity index (χ2n) is 8.08. The summed E-state index contributed by atoms with van der Waals surface area (Å²) < 4.78 is 3.73. The Balaban J connectivity index is 1.50. The molecule has 0 N–H and O–H groups in total. The highest BCUT2D eigenvalue weighted by atomic mass is 35.5. The summed E-state index contributed by atoms with van der Waals surface area (Å²) in [6.45, 7) is 2.00. The number of thiazole rings is 1. The van der Waals surface area contributed by atoms with Crippen molar-refractivity contribution < 1.29 is 0 Å². The quantitative estimate of drug-likeness (QED) is 0.338. The van der Waals surface area contributed by atoms with Gasteiger partial charge in [0.25, 0.3) is 5.56 Å². The molecule has 6 nitrogen and oxygen atoms in total. The topological polar surface area (TPSA) is 65.1 Å². The fourth-order valence-electron chi connectivity index (χ4n) is 3.95. The number of nitrogens with zero attached hydrogens (tertiary/aromatic N) is 5. The number of aromatic nitrogens is 5. The molecule has 0 atom stereocenters. The molecule has 0 bridgehead atoms. The summed E-state index contributed by atoms with van der Waals surface area (Å²) in [6.07, 6.45) is 3.78. The first kappa shape index (κ1) is 21.5. The number of hydrogen-bond donors (Lipinski definition) is 0. The van der Waals surface area contributed by atoms with Gasteiger partial charge in [-0.1, -0.05) is 77.5 Å². The highest BCUT2D eigenvalue weighted by molar-refractivity contribution is 7.15. The molecular formula is C27H18ClN5OS. The molecule has 0 unspecified atom stereocenters. The molecule has 0 amide bonds. The van der Waals surface area contributed by atoms with Gasteiger partial charge in [0.1, 0.15) is 5.69 Å². The lowest BCUT2D eigenvalue weighted by Gasteiger charge is -2.00. The second kappa shape index (κ2) is 8.61. The Bertz CT molecular complexity index is 1790. The molecule has 0 spiro atoms. The summed E-state index contributed by atoms with van der Waals surface area (Å²) in [5, 5.41) is 9.97. The zero-order valence-electron chi connectivity index (χ0n) is 18.6. The van der Waals surface area contributed by atoms with E-state index in [-0.39, 0.29) is 5.56 Å². The van der Waals surface area contributed by atoms with Crippen LogP contribution in [-0.4, -0.2) is 24.4 Å². The van der Waals surface area contributed by atoms with Crippen LogP contribution in [0, 0.1) is 6.92 Å². The van der Waals surface area contributed by atoms with Gasteiger partial charge in [-0.15, -0.1) is 5.10 Å². The average molecular weight is 496 g/mol. The van der Waals surface area contributed by atoms with Crippen LogP contribution in [0.5, 0.6) is 0 Å². The van der Waals surface area contributed by atoms with Gasteiger partial charge in [-0.25, -0.2) is 4.68 Å². The van der Waals surface area contributed by atoms with Crippen LogP contribution < -0.4 is 10.1 Å². The molecule has 3 heterocycles. The van der Waals surface area contributed by atoms with Crippen LogP contribution in [-0.2, 0) is 0 Å². The molecule has 6 aromatic rings. The Morgan fingerprint density at radius 1 is 0.914 bits per heavy atom. The van der Waals surface area contributed by atoms with Crippen molar-refractivity contribution in [3.63, 3.8) is 0 Å². The molecular weight excluding hydrogens is 478 g/mol. The van der Waals surface area contributed by atoms with Crippen molar-refractivity contribution in [3.8, 4) is 28.3 Å². The van der Waals surface area contributed by atoms with Crippen molar-refractivity contribution in [2.75, 3.05) is 0 Å². The average Bonchev–Trinajstić information content (AvgIpc) is 3.56. The van der Waals surface area contributed by atoms with E-state index in [1.54, 1.807) is 0 Å². The second-order valence-corrected chi connectivity index (χ2v) is 9.53. The third-order valence-electron chi connectivity index (χ3n) is 5.74. The van der Waals surface area contributed by atoms with E-state index in [0.29, 0.717) is 20.3 Å². The van der Waals surface area contributed by atoms with E-state index in [4.69, 9.17) is 16.7 Å². The van der Waals surface area contributed by atoms with E-state index in [0.717, 1.165) is 33.6 Å². The minimum Gasteiger partial charge on any atom is -0.266 e. The zero-order valence-corrected chi connectivity index (χ0v) is 20.2. The largest absolute Gasteiger partial charge is 0.291 e. The minimum absolute atomic E-state index is 0.202. The number of para-hydroxylation sites is 1. The summed E-state index contributed by atoms with van der Waals surface area (Å²) in [6, 6.07) is 25.2. The van der Waals surface area contributed by atoms with Crippen LogP contribution in [0.2, 0.25) is 5.02 Å². The lowest BCUT2D eigenvalue weighted by atomic mass is 10.1. The van der Waals surface area contributed by atoms with Crippen LogP contribution >= 0.6 is 22.9 Å². The highest BCUT2D eigenvalue weighted by Crippen LogP contribution is 2.26. The van der Waals surface area contributed by atoms with Gasteiger partial charge in [0, 0.05) is 27.9 Å². The van der Waals surface area contributed by atoms with Gasteiger partial charge < -0.3 is 0 Å². The maximum Gasteiger partial charge on any atom is 0.291 e. The molecule has 8 heteroatoms. The van der Waals surface area contributed by atoms with Crippen molar-refractivity contribution >= 4 is 34.0 Å². The first-order valence-electron chi connectivity index (χ1n) is 11.0. The molecule has 170 valence electrons. The van der Waals surface area contributed by atoms with Gasteiger partial charge in [-0.3, -0.25) is 4.79 Å². The predicted octanol–water partition coefficient (Wildman–Crippen LogP) is 5.18. The summed E-state index contributed by atoms with van der Waals surface area (Å²) in [4.78, 5) is 18.4. The van der Waals surface area contributed by atoms with Crippen LogP contribution in [0.25, 0.3) is 39.4 Å². The first-order valence-corrected chi connectivity index (χ1v) is 12.1. The molecule has 0 radical (unpaired) electrons. The Morgan fingerprint density at radius 2 is 1.66 bits per heavy atom. The molecule has 0 fully saturated rings. The van der Waals surface area contributed by atoms with Gasteiger partial charge in [-0.2, -0.15) is 14.6 Å². The van der Waals surface area contributed by atoms with E-state index in [9.17, 15) is 4.79 Å². The number of aryl methyl sites for hydroxylation is 1. The molecule has 35 heavy (non-hydrogen) atoms. The third-order valence-corrected chi connectivity index (χ3v) is 6.95. The normalized spacial score (nSPS) is 12.0. The Kier molecular flexibility index (Phi) is 5.28. The molecule has 0 saturated heterocycles. The lowest BCUT2D eigenvalue weighted by molar-refractivity contribution is 0.884. The summed E-state index contributed by atoms with van der Waals surface area (Å²) in [5.74, 6) is 0.553. The molecule has 6 rings (SSSR count). The zero-order chi connectivity index (χ0) is 23.9. The van der Waals surface area contributed by atoms with Gasteiger partial charge >= 0.3 is 0 Å². The van der Waals surface area contributed by atoms with Crippen LogP contribution in [0.15, 0.2) is 89.9 Å². The van der Waals surface area contributed by atoms with E-state index in [2.05, 4.69) is 10.1 Å². The lowest BCUT2D eigenvalue weighted by Crippen LogP contribution is -2.23. The fraction of sp³-hybridized carbons (Fsp3) is 0.0370. The van der Waals surface area contributed by atoms with E-state index >= 15 is 0 Å². The highest BCUT2D eigenvalue weighted by Gasteiger charge is 2.15. The fourth-order valence-corrected chi connectivity index (χ4v) is 4.98. The summed E-state index contributed by atoms with van der Waals surface area (Å²) >= 11 is 7.41. The van der Waals surface area contributed by atoms with Crippen molar-refractivity contribution in [2.45, 2.75) is 6.92 Å². The van der Waals surface area contributed by atoms with Crippen molar-refractivity contribution in [1.82, 2.24) is 24.4 Å². The maximum atomic E-state index is 13.2. The van der Waals surface area contributed by atoms with Crippen LogP contribution in [0.4, 0.5) is 0 Å². The Hall–Kier alpha value is -4.07. The van der Waals surface area contributed by atoms with Crippen molar-refractivity contribution in [3.05, 3.63) is 116 Å². The summed E-state index contributed by atoms with van der Waals surface area (Å²) in [5.41, 5.74) is 5.18.